The summed E-state index contributed by atoms with van der Waals surface area (Å²) in [7, 11) is 0. The molecule has 0 heterocycles. The van der Waals surface area contributed by atoms with E-state index in [1.54, 1.807) is 0 Å². The van der Waals surface area contributed by atoms with Gasteiger partial charge in [-0.05, 0) is 19.6 Å². The van der Waals surface area contributed by atoms with Crippen molar-refractivity contribution in [2.75, 3.05) is 0 Å². The SMILES string of the molecule is CC(C)=[N][Al]([CH3])[CH3]. The molecule has 0 radical (unpaired) electrons. The number of hydrogen-bond acceptors (Lipinski definition) is 1. The van der Waals surface area contributed by atoms with Crippen LogP contribution in [0.3, 0.4) is 0 Å². The van der Waals surface area contributed by atoms with Gasteiger partial charge >= 0.3 is 14.4 Å². The third kappa shape index (κ3) is 6.20. The van der Waals surface area contributed by atoms with Gasteiger partial charge in [-0.15, -0.1) is 0 Å². The van der Waals surface area contributed by atoms with E-state index >= 15 is 0 Å². The van der Waals surface area contributed by atoms with Crippen LogP contribution in [0, 0.1) is 0 Å². The van der Waals surface area contributed by atoms with Gasteiger partial charge in [-0.3, -0.25) is 0 Å². The van der Waals surface area contributed by atoms with E-state index in [4.69, 9.17) is 0 Å². The van der Waals surface area contributed by atoms with Gasteiger partial charge in [0, 0.05) is 0 Å². The predicted molar refractivity (Wildman–Crippen MR) is 36.3 cm³/mol. The second-order valence-corrected chi connectivity index (χ2v) is 4.62. The third-order valence-corrected chi connectivity index (χ3v) is 1.55. The van der Waals surface area contributed by atoms with Gasteiger partial charge in [0.2, 0.25) is 0 Å². The Morgan fingerprint density at radius 3 is 1.71 bits per heavy atom. The Kier molecular flexibility index (Phi) is 3.33. The maximum Gasteiger partial charge on any atom is 0.429 e. The molecule has 1 nitrogen and oxygen atoms in total. The summed E-state index contributed by atoms with van der Waals surface area (Å²) in [6, 6.07) is 0. The molecule has 0 rings (SSSR count). The van der Waals surface area contributed by atoms with Crippen LogP contribution in [0.5, 0.6) is 0 Å². The van der Waals surface area contributed by atoms with E-state index in [1.165, 1.54) is 5.71 Å². The summed E-state index contributed by atoms with van der Waals surface area (Å²) >= 11 is -0.640. The molecule has 0 aliphatic heterocycles. The molecule has 7 heavy (non-hydrogen) atoms. The first-order valence-electron chi connectivity index (χ1n) is 2.64. The van der Waals surface area contributed by atoms with E-state index in [9.17, 15) is 0 Å². The fraction of sp³-hybridized carbons (Fsp3) is 0.800. The van der Waals surface area contributed by atoms with Crippen LogP contribution in [0.15, 0.2) is 3.98 Å². The Balaban J connectivity index is 3.45. The van der Waals surface area contributed by atoms with Gasteiger partial charge in [0.15, 0.2) is 0 Å². The van der Waals surface area contributed by atoms with E-state index in [0.717, 1.165) is 0 Å². The average Bonchev–Trinajstić information content (AvgIpc) is 1.27. The quantitative estimate of drug-likeness (QED) is 0.362. The smallest absolute Gasteiger partial charge is 0.407 e. The van der Waals surface area contributed by atoms with Gasteiger partial charge in [0.1, 0.15) is 0 Å². The zero-order valence-corrected chi connectivity index (χ0v) is 6.68. The van der Waals surface area contributed by atoms with Gasteiger partial charge in [-0.1, -0.05) is 11.6 Å². The highest BCUT2D eigenvalue weighted by Crippen LogP contribution is 1.81. The minimum atomic E-state index is -0.640. The van der Waals surface area contributed by atoms with Crippen molar-refractivity contribution < 1.29 is 0 Å². The standard InChI is InChI=1S/C3H6N.2CH3.Al/c1-3(2)4;;;/h1-2H3;2*1H3;/q-1;;;+1. The number of rotatable bonds is 1. The Morgan fingerprint density at radius 2 is 1.71 bits per heavy atom. The van der Waals surface area contributed by atoms with Crippen LogP contribution in [0.2, 0.25) is 11.6 Å². The molecule has 0 saturated carbocycles. The van der Waals surface area contributed by atoms with Crippen molar-refractivity contribution in [2.24, 2.45) is 3.98 Å². The van der Waals surface area contributed by atoms with E-state index in [-0.39, 0.29) is 0 Å². The lowest BCUT2D eigenvalue weighted by Gasteiger charge is -1.88. The van der Waals surface area contributed by atoms with Crippen molar-refractivity contribution in [3.63, 3.8) is 0 Å². The average molecular weight is 113 g/mol. The van der Waals surface area contributed by atoms with E-state index < -0.39 is 14.4 Å². The Hall–Kier alpha value is 0.202. The van der Waals surface area contributed by atoms with Crippen molar-refractivity contribution in [3.8, 4) is 0 Å². The minimum Gasteiger partial charge on any atom is -0.407 e. The molecule has 0 aromatic rings. The van der Waals surface area contributed by atoms with Crippen LogP contribution in [0.4, 0.5) is 0 Å². The van der Waals surface area contributed by atoms with Crippen molar-refractivity contribution in [2.45, 2.75) is 25.4 Å². The molecule has 0 spiro atoms. The second-order valence-electron chi connectivity index (χ2n) is 2.17. The van der Waals surface area contributed by atoms with E-state index in [0.29, 0.717) is 0 Å². The lowest BCUT2D eigenvalue weighted by atomic mass is 10.5. The van der Waals surface area contributed by atoms with E-state index in [2.05, 4.69) is 15.5 Å². The molecule has 0 amide bonds. The second kappa shape index (κ2) is 3.24. The summed E-state index contributed by atoms with van der Waals surface area (Å²) in [4.78, 5) is 0. The van der Waals surface area contributed by atoms with Gasteiger partial charge in [-0.2, -0.15) is 0 Å². The highest BCUT2D eigenvalue weighted by Gasteiger charge is 1.96. The van der Waals surface area contributed by atoms with Gasteiger partial charge in [0.25, 0.3) is 0 Å². The highest BCUT2D eigenvalue weighted by atomic mass is 27.2. The third-order valence-electron chi connectivity index (χ3n) is 0.516. The van der Waals surface area contributed by atoms with Gasteiger partial charge in [-0.25, -0.2) is 0 Å². The molecular formula is C5H12AlN. The van der Waals surface area contributed by atoms with Crippen LogP contribution in [0.1, 0.15) is 13.8 Å². The topological polar surface area (TPSA) is 12.4 Å². The Labute approximate surface area is 50.1 Å². The molecular weight excluding hydrogens is 101 g/mol. The summed E-state index contributed by atoms with van der Waals surface area (Å²) in [5.41, 5.74) is 1.22. The molecule has 0 fully saturated rings. The Morgan fingerprint density at radius 1 is 1.29 bits per heavy atom. The summed E-state index contributed by atoms with van der Waals surface area (Å²) in [6.45, 7) is 4.10. The van der Waals surface area contributed by atoms with Crippen molar-refractivity contribution in [3.05, 3.63) is 0 Å². The normalized spacial score (nSPS) is 8.00. The summed E-state index contributed by atoms with van der Waals surface area (Å²) in [5.74, 6) is 4.43. The molecule has 0 atom stereocenters. The van der Waals surface area contributed by atoms with Crippen molar-refractivity contribution in [1.29, 1.82) is 0 Å². The first-order chi connectivity index (χ1) is 3.13. The maximum absolute atomic E-state index is 4.33. The molecule has 0 unspecified atom stereocenters. The lowest BCUT2D eigenvalue weighted by Crippen LogP contribution is -1.97. The fourth-order valence-corrected chi connectivity index (χ4v) is 1.55. The van der Waals surface area contributed by atoms with Crippen molar-refractivity contribution in [1.82, 2.24) is 0 Å². The monoisotopic (exact) mass is 113 g/mol. The molecule has 0 aliphatic rings. The first kappa shape index (κ1) is 7.20. The van der Waals surface area contributed by atoms with E-state index in [1.807, 2.05) is 13.8 Å². The molecule has 40 valence electrons. The molecule has 2 heteroatoms. The first-order valence-corrected chi connectivity index (χ1v) is 5.46. The van der Waals surface area contributed by atoms with Crippen molar-refractivity contribution >= 4 is 20.1 Å². The lowest BCUT2D eigenvalue weighted by molar-refractivity contribution is 1.59. The molecule has 0 bridgehead atoms. The summed E-state index contributed by atoms with van der Waals surface area (Å²) in [6.07, 6.45) is 0. The molecule has 0 N–H and O–H groups in total. The zero-order chi connectivity index (χ0) is 5.86. The molecule has 0 aromatic heterocycles. The molecule has 0 saturated heterocycles. The van der Waals surface area contributed by atoms with Crippen LogP contribution < -0.4 is 0 Å². The molecule has 0 aliphatic carbocycles. The largest absolute Gasteiger partial charge is 0.429 e. The summed E-state index contributed by atoms with van der Waals surface area (Å²) < 4.78 is 4.33. The molecule has 0 aromatic carbocycles. The van der Waals surface area contributed by atoms with Crippen LogP contribution >= 0.6 is 0 Å². The van der Waals surface area contributed by atoms with Crippen LogP contribution in [-0.4, -0.2) is 20.1 Å². The van der Waals surface area contributed by atoms with Gasteiger partial charge < -0.3 is 3.98 Å². The number of nitrogens with zero attached hydrogens (tertiary/aromatic N) is 1. The Bertz CT molecular complexity index is 72.1. The minimum absolute atomic E-state index is 0.640. The fourth-order valence-electron chi connectivity index (χ4n) is 0.516. The zero-order valence-electron chi connectivity index (χ0n) is 5.52. The van der Waals surface area contributed by atoms with Crippen LogP contribution in [-0.2, 0) is 0 Å². The summed E-state index contributed by atoms with van der Waals surface area (Å²) in [5, 5.41) is 0. The van der Waals surface area contributed by atoms with Gasteiger partial charge in [0.05, 0.1) is 0 Å². The predicted octanol–water partition coefficient (Wildman–Crippen LogP) is 1.72. The maximum atomic E-state index is 4.33. The highest BCUT2D eigenvalue weighted by molar-refractivity contribution is 6.55. The number of hydrogen-bond donors (Lipinski definition) is 0. The van der Waals surface area contributed by atoms with Crippen LogP contribution in [0.25, 0.3) is 0 Å².